The van der Waals surface area contributed by atoms with Gasteiger partial charge in [0.1, 0.15) is 17.5 Å². The second-order valence-electron chi connectivity index (χ2n) is 8.92. The maximum absolute atomic E-state index is 13.4. The number of rotatable bonds is 7. The molecule has 0 aliphatic carbocycles. The number of H-pyrrole nitrogens is 1. The Morgan fingerprint density at radius 1 is 1.03 bits per heavy atom. The topological polar surface area (TPSA) is 95.0 Å². The molecule has 0 saturated carbocycles. The summed E-state index contributed by atoms with van der Waals surface area (Å²) in [5.74, 6) is 1.04. The summed E-state index contributed by atoms with van der Waals surface area (Å²) in [6.07, 6.45) is -0.300. The number of fused-ring (bicyclic) bond motifs is 3. The highest BCUT2D eigenvalue weighted by atomic mass is 35.5. The molecule has 7 nitrogen and oxygen atoms in total. The number of nitrogens with zero attached hydrogens (tertiary/aromatic N) is 1. The predicted octanol–water partition coefficient (Wildman–Crippen LogP) is 5.74. The van der Waals surface area contributed by atoms with Crippen LogP contribution in [0.25, 0.3) is 10.9 Å². The number of hydrogen-bond donors (Lipinski definition) is 3. The number of aromatic nitrogens is 1. The van der Waals surface area contributed by atoms with Crippen LogP contribution in [0.1, 0.15) is 29.3 Å². The first-order chi connectivity index (χ1) is 17.9. The van der Waals surface area contributed by atoms with Gasteiger partial charge in [0.15, 0.2) is 0 Å². The number of nitrogens with one attached hydrogen (secondary N) is 1. The zero-order valence-electron chi connectivity index (χ0n) is 19.9. The minimum Gasteiger partial charge on any atom is -0.493 e. The molecule has 0 saturated heterocycles. The van der Waals surface area contributed by atoms with Crippen LogP contribution in [0, 0.1) is 0 Å². The molecule has 37 heavy (non-hydrogen) atoms. The van der Waals surface area contributed by atoms with Crippen molar-refractivity contribution in [2.75, 3.05) is 19.8 Å². The summed E-state index contributed by atoms with van der Waals surface area (Å²) in [4.78, 5) is 18.6. The summed E-state index contributed by atoms with van der Waals surface area (Å²) in [5.41, 5.74) is 3.87. The van der Waals surface area contributed by atoms with E-state index in [4.69, 9.17) is 37.8 Å². The molecule has 3 N–H and O–H groups in total. The molecule has 2 heterocycles. The molecule has 192 valence electrons. The Labute approximate surface area is 224 Å². The molecule has 1 aliphatic rings. The van der Waals surface area contributed by atoms with Gasteiger partial charge in [-0.2, -0.15) is 0 Å². The normalized spacial score (nSPS) is 15.9. The molecule has 0 spiro atoms. The van der Waals surface area contributed by atoms with Gasteiger partial charge < -0.3 is 24.7 Å². The second kappa shape index (κ2) is 11.0. The highest BCUT2D eigenvalue weighted by Crippen LogP contribution is 2.40. The van der Waals surface area contributed by atoms with E-state index in [1.54, 1.807) is 29.2 Å². The number of carbonyl (C=O) groups is 1. The Kier molecular flexibility index (Phi) is 7.58. The summed E-state index contributed by atoms with van der Waals surface area (Å²) in [6.45, 7) is 0.432. The van der Waals surface area contributed by atoms with Gasteiger partial charge in [-0.05, 0) is 72.1 Å². The van der Waals surface area contributed by atoms with Crippen LogP contribution >= 0.6 is 23.2 Å². The summed E-state index contributed by atoms with van der Waals surface area (Å²) >= 11 is 12.3. The van der Waals surface area contributed by atoms with Crippen LogP contribution < -0.4 is 9.47 Å². The number of carbonyl (C=O) groups excluding carboxylic acids is 1. The minimum atomic E-state index is -0.810. The fourth-order valence-electron chi connectivity index (χ4n) is 4.62. The van der Waals surface area contributed by atoms with Crippen LogP contribution in [0.15, 0.2) is 66.7 Å². The fraction of sp³-hybridized carbons (Fsp3) is 0.250. The van der Waals surface area contributed by atoms with Crippen molar-refractivity contribution in [1.29, 1.82) is 0 Å². The molecule has 9 heteroatoms. The molecule has 0 bridgehead atoms. The number of ether oxygens (including phenoxy) is 2. The van der Waals surface area contributed by atoms with Gasteiger partial charge in [-0.25, -0.2) is 4.79 Å². The number of aliphatic hydroxyl groups excluding tert-OH is 2. The van der Waals surface area contributed by atoms with Gasteiger partial charge in [-0.15, -0.1) is 0 Å². The SMILES string of the molecule is O=C(Oc1ccc(Cl)cc1)N1CCc2c([nH]c3ccc(Cl)cc23)[C@@H]1c1ccc(OCC[C@H](O)CO)cc1. The summed E-state index contributed by atoms with van der Waals surface area (Å²) in [6, 6.07) is 19.5. The standard InChI is InChI=1S/C28H26Cl2N2O5/c29-18-3-8-22(9-4-18)37-28(35)32-13-11-23-24-15-19(30)5-10-25(24)31-26(23)27(32)17-1-6-21(7-2-17)36-14-12-20(34)16-33/h1-10,15,20,27,31,33-34H,11-14,16H2/t20-,27-/m0/s1. The summed E-state index contributed by atoms with van der Waals surface area (Å²) in [7, 11) is 0. The van der Waals surface area contributed by atoms with E-state index in [2.05, 4.69) is 4.98 Å². The molecule has 2 atom stereocenters. The van der Waals surface area contributed by atoms with Crippen molar-refractivity contribution in [3.63, 3.8) is 0 Å². The van der Waals surface area contributed by atoms with E-state index < -0.39 is 18.2 Å². The number of halogens is 2. The van der Waals surface area contributed by atoms with Crippen molar-refractivity contribution < 1.29 is 24.5 Å². The molecule has 0 unspecified atom stereocenters. The van der Waals surface area contributed by atoms with Gasteiger partial charge in [0.2, 0.25) is 0 Å². The van der Waals surface area contributed by atoms with Gasteiger partial charge in [0.25, 0.3) is 0 Å². The Hall–Kier alpha value is -3.23. The van der Waals surface area contributed by atoms with Gasteiger partial charge >= 0.3 is 6.09 Å². The van der Waals surface area contributed by atoms with Crippen molar-refractivity contribution in [3.8, 4) is 11.5 Å². The van der Waals surface area contributed by atoms with Gasteiger partial charge in [-0.1, -0.05) is 35.3 Å². The molecular weight excluding hydrogens is 515 g/mol. The monoisotopic (exact) mass is 540 g/mol. The molecule has 5 rings (SSSR count). The average molecular weight is 541 g/mol. The van der Waals surface area contributed by atoms with Crippen molar-refractivity contribution in [2.24, 2.45) is 0 Å². The van der Waals surface area contributed by atoms with Gasteiger partial charge in [-0.3, -0.25) is 4.90 Å². The Morgan fingerprint density at radius 3 is 2.46 bits per heavy atom. The lowest BCUT2D eigenvalue weighted by atomic mass is 9.92. The van der Waals surface area contributed by atoms with E-state index >= 15 is 0 Å². The zero-order chi connectivity index (χ0) is 25.9. The Bertz CT molecular complexity index is 1390. The molecule has 1 amide bonds. The van der Waals surface area contributed by atoms with Gasteiger partial charge in [0.05, 0.1) is 19.3 Å². The largest absolute Gasteiger partial charge is 0.493 e. The molecule has 4 aromatic rings. The average Bonchev–Trinajstić information content (AvgIpc) is 3.27. The zero-order valence-corrected chi connectivity index (χ0v) is 21.4. The van der Waals surface area contributed by atoms with Crippen LogP contribution in [0.5, 0.6) is 11.5 Å². The smallest absolute Gasteiger partial charge is 0.416 e. The van der Waals surface area contributed by atoms with E-state index in [1.807, 2.05) is 42.5 Å². The molecule has 3 aromatic carbocycles. The van der Waals surface area contributed by atoms with E-state index in [1.165, 1.54) is 0 Å². The van der Waals surface area contributed by atoms with Crippen molar-refractivity contribution in [3.05, 3.63) is 93.6 Å². The number of amides is 1. The van der Waals surface area contributed by atoms with Crippen LogP contribution in [-0.4, -0.2) is 52.1 Å². The lowest BCUT2D eigenvalue weighted by Gasteiger charge is -2.35. The Balaban J connectivity index is 1.46. The third-order valence-corrected chi connectivity index (χ3v) is 6.96. The van der Waals surface area contributed by atoms with Crippen molar-refractivity contribution >= 4 is 40.2 Å². The summed E-state index contributed by atoms with van der Waals surface area (Å²) < 4.78 is 11.4. The number of hydrogen-bond acceptors (Lipinski definition) is 5. The van der Waals surface area contributed by atoms with Gasteiger partial charge in [0, 0.05) is 39.6 Å². The minimum absolute atomic E-state index is 0.275. The van der Waals surface area contributed by atoms with Crippen LogP contribution in [0.3, 0.4) is 0 Å². The second-order valence-corrected chi connectivity index (χ2v) is 9.79. The van der Waals surface area contributed by atoms with E-state index in [0.717, 1.165) is 27.7 Å². The molecule has 1 aromatic heterocycles. The Morgan fingerprint density at radius 2 is 1.73 bits per heavy atom. The number of aromatic amines is 1. The number of aliphatic hydroxyl groups is 2. The third kappa shape index (κ3) is 5.55. The van der Waals surface area contributed by atoms with E-state index in [0.29, 0.717) is 40.9 Å². The quantitative estimate of drug-likeness (QED) is 0.277. The molecule has 1 aliphatic heterocycles. The molecule has 0 radical (unpaired) electrons. The summed E-state index contributed by atoms with van der Waals surface area (Å²) in [5, 5.41) is 20.8. The van der Waals surface area contributed by atoms with Crippen molar-refractivity contribution in [2.45, 2.75) is 25.0 Å². The highest BCUT2D eigenvalue weighted by molar-refractivity contribution is 6.31. The first kappa shape index (κ1) is 25.4. The maximum atomic E-state index is 13.4. The first-order valence-electron chi connectivity index (χ1n) is 12.0. The lowest BCUT2D eigenvalue weighted by Crippen LogP contribution is -2.42. The highest BCUT2D eigenvalue weighted by Gasteiger charge is 2.35. The lowest BCUT2D eigenvalue weighted by molar-refractivity contribution is 0.0754. The molecular formula is C28H26Cl2N2O5. The predicted molar refractivity (Wildman–Crippen MR) is 143 cm³/mol. The third-order valence-electron chi connectivity index (χ3n) is 6.47. The maximum Gasteiger partial charge on any atom is 0.416 e. The van der Waals surface area contributed by atoms with Crippen LogP contribution in [0.2, 0.25) is 10.0 Å². The number of benzene rings is 3. The van der Waals surface area contributed by atoms with Crippen molar-refractivity contribution in [1.82, 2.24) is 9.88 Å². The molecule has 0 fully saturated rings. The first-order valence-corrected chi connectivity index (χ1v) is 12.7. The fourth-order valence-corrected chi connectivity index (χ4v) is 4.91. The van der Waals surface area contributed by atoms with Crippen LogP contribution in [0.4, 0.5) is 4.79 Å². The van der Waals surface area contributed by atoms with Crippen LogP contribution in [-0.2, 0) is 6.42 Å². The van der Waals surface area contributed by atoms with E-state index in [9.17, 15) is 9.90 Å². The van der Waals surface area contributed by atoms with E-state index in [-0.39, 0.29) is 13.2 Å².